The van der Waals surface area contributed by atoms with E-state index < -0.39 is 6.10 Å². The fourth-order valence-electron chi connectivity index (χ4n) is 2.69. The molecule has 1 aliphatic heterocycles. The van der Waals surface area contributed by atoms with Crippen LogP contribution < -0.4 is 15.4 Å². The van der Waals surface area contributed by atoms with Crippen molar-refractivity contribution in [3.05, 3.63) is 58.7 Å². The van der Waals surface area contributed by atoms with Crippen molar-refractivity contribution in [3.8, 4) is 17.0 Å². The molecule has 27 heavy (non-hydrogen) atoms. The first-order valence-electron chi connectivity index (χ1n) is 8.24. The molecule has 0 fully saturated rings. The zero-order valence-corrected chi connectivity index (χ0v) is 15.8. The Hall–Kier alpha value is -3.13. The SMILES string of the molecule is CC1Oc2ccc(NC(=O)c3cc(-c4ccc(Br)cc4)n[nH]3)cc2NC1=O. The Kier molecular flexibility index (Phi) is 4.41. The number of carbonyl (C=O) groups excluding carboxylic acids is 2. The summed E-state index contributed by atoms with van der Waals surface area (Å²) >= 11 is 3.39. The van der Waals surface area contributed by atoms with Crippen molar-refractivity contribution in [2.24, 2.45) is 0 Å². The van der Waals surface area contributed by atoms with Gasteiger partial charge in [0.25, 0.3) is 11.8 Å². The smallest absolute Gasteiger partial charge is 0.273 e. The molecule has 8 heteroatoms. The summed E-state index contributed by atoms with van der Waals surface area (Å²) in [5, 5.41) is 12.5. The van der Waals surface area contributed by atoms with Crippen molar-refractivity contribution in [2.75, 3.05) is 10.6 Å². The molecule has 0 spiro atoms. The monoisotopic (exact) mass is 426 g/mol. The molecular weight excluding hydrogens is 412 g/mol. The molecule has 4 rings (SSSR count). The third kappa shape index (κ3) is 3.56. The number of amides is 2. The number of aromatic nitrogens is 2. The number of aromatic amines is 1. The van der Waals surface area contributed by atoms with E-state index in [0.717, 1.165) is 10.0 Å². The molecule has 0 bridgehead atoms. The van der Waals surface area contributed by atoms with E-state index in [-0.39, 0.29) is 11.8 Å². The van der Waals surface area contributed by atoms with Crippen LogP contribution in [0.5, 0.6) is 5.75 Å². The zero-order chi connectivity index (χ0) is 19.0. The van der Waals surface area contributed by atoms with Crippen LogP contribution in [0.1, 0.15) is 17.4 Å². The third-order valence-corrected chi connectivity index (χ3v) is 4.66. The van der Waals surface area contributed by atoms with E-state index in [1.54, 1.807) is 31.2 Å². The van der Waals surface area contributed by atoms with Gasteiger partial charge in [0.15, 0.2) is 6.10 Å². The minimum Gasteiger partial charge on any atom is -0.479 e. The van der Waals surface area contributed by atoms with Crippen molar-refractivity contribution in [1.82, 2.24) is 10.2 Å². The van der Waals surface area contributed by atoms with E-state index in [1.807, 2.05) is 24.3 Å². The normalized spacial score (nSPS) is 15.5. The van der Waals surface area contributed by atoms with Gasteiger partial charge in [0.05, 0.1) is 11.4 Å². The molecule has 1 unspecified atom stereocenters. The summed E-state index contributed by atoms with van der Waals surface area (Å²) in [7, 11) is 0. The maximum absolute atomic E-state index is 12.5. The second-order valence-corrected chi connectivity index (χ2v) is 7.00. The molecule has 1 atom stereocenters. The van der Waals surface area contributed by atoms with Gasteiger partial charge in [-0.05, 0) is 43.3 Å². The predicted octanol–water partition coefficient (Wildman–Crippen LogP) is 3.81. The highest BCUT2D eigenvalue weighted by Gasteiger charge is 2.23. The Morgan fingerprint density at radius 1 is 1.19 bits per heavy atom. The number of rotatable bonds is 3. The molecule has 0 radical (unpaired) electrons. The lowest BCUT2D eigenvalue weighted by molar-refractivity contribution is -0.122. The van der Waals surface area contributed by atoms with Crippen LogP contribution in [-0.2, 0) is 4.79 Å². The van der Waals surface area contributed by atoms with E-state index in [0.29, 0.717) is 28.5 Å². The fourth-order valence-corrected chi connectivity index (χ4v) is 2.96. The van der Waals surface area contributed by atoms with Gasteiger partial charge in [-0.15, -0.1) is 0 Å². The topological polar surface area (TPSA) is 96.1 Å². The van der Waals surface area contributed by atoms with Crippen LogP contribution >= 0.6 is 15.9 Å². The quantitative estimate of drug-likeness (QED) is 0.593. The summed E-state index contributed by atoms with van der Waals surface area (Å²) in [6.45, 7) is 1.68. The van der Waals surface area contributed by atoms with Crippen molar-refractivity contribution >= 4 is 39.1 Å². The number of ether oxygens (including phenoxy) is 1. The number of nitrogens with one attached hydrogen (secondary N) is 3. The lowest BCUT2D eigenvalue weighted by atomic mass is 10.1. The first-order valence-corrected chi connectivity index (χ1v) is 9.03. The maximum atomic E-state index is 12.5. The number of fused-ring (bicyclic) bond motifs is 1. The molecular formula is C19H15BrN4O3. The average Bonchev–Trinajstić information content (AvgIpc) is 3.14. The van der Waals surface area contributed by atoms with E-state index >= 15 is 0 Å². The maximum Gasteiger partial charge on any atom is 0.273 e. The summed E-state index contributed by atoms with van der Waals surface area (Å²) in [6, 6.07) is 14.4. The van der Waals surface area contributed by atoms with Crippen LogP contribution in [0, 0.1) is 0 Å². The lowest BCUT2D eigenvalue weighted by Crippen LogP contribution is -2.34. The number of nitrogens with zero attached hydrogens (tertiary/aromatic N) is 1. The molecule has 3 aromatic rings. The summed E-state index contributed by atoms with van der Waals surface area (Å²) in [6.07, 6.45) is -0.542. The van der Waals surface area contributed by atoms with Crippen LogP contribution in [0.15, 0.2) is 53.0 Å². The Labute approximate surface area is 163 Å². The van der Waals surface area contributed by atoms with Gasteiger partial charge in [-0.3, -0.25) is 14.7 Å². The predicted molar refractivity (Wildman–Crippen MR) is 105 cm³/mol. The lowest BCUT2D eigenvalue weighted by Gasteiger charge is -2.23. The molecule has 2 aromatic carbocycles. The number of hydrogen-bond acceptors (Lipinski definition) is 4. The first-order chi connectivity index (χ1) is 13.0. The Bertz CT molecular complexity index is 1030. The summed E-state index contributed by atoms with van der Waals surface area (Å²) in [5.41, 5.74) is 2.97. The molecule has 136 valence electrons. The molecule has 1 aliphatic rings. The van der Waals surface area contributed by atoms with Gasteiger partial charge in [0, 0.05) is 15.7 Å². The van der Waals surface area contributed by atoms with Crippen LogP contribution in [0.25, 0.3) is 11.3 Å². The highest BCUT2D eigenvalue weighted by molar-refractivity contribution is 9.10. The molecule has 2 heterocycles. The number of H-pyrrole nitrogens is 1. The van der Waals surface area contributed by atoms with E-state index in [9.17, 15) is 9.59 Å². The number of hydrogen-bond donors (Lipinski definition) is 3. The van der Waals surface area contributed by atoms with Gasteiger partial charge >= 0.3 is 0 Å². The van der Waals surface area contributed by atoms with Gasteiger partial charge in [0.2, 0.25) is 0 Å². The zero-order valence-electron chi connectivity index (χ0n) is 14.2. The van der Waals surface area contributed by atoms with Crippen molar-refractivity contribution < 1.29 is 14.3 Å². The largest absolute Gasteiger partial charge is 0.479 e. The molecule has 0 saturated carbocycles. The van der Waals surface area contributed by atoms with Gasteiger partial charge in [-0.2, -0.15) is 5.10 Å². The molecule has 0 aliphatic carbocycles. The van der Waals surface area contributed by atoms with Crippen LogP contribution in [0.2, 0.25) is 0 Å². The van der Waals surface area contributed by atoms with Crippen LogP contribution in [-0.4, -0.2) is 28.1 Å². The van der Waals surface area contributed by atoms with Crippen molar-refractivity contribution in [2.45, 2.75) is 13.0 Å². The minimum absolute atomic E-state index is 0.223. The molecule has 7 nitrogen and oxygen atoms in total. The fraction of sp³-hybridized carbons (Fsp3) is 0.105. The second kappa shape index (κ2) is 6.88. The number of halogens is 1. The molecule has 1 aromatic heterocycles. The Morgan fingerprint density at radius 3 is 2.74 bits per heavy atom. The summed E-state index contributed by atoms with van der Waals surface area (Å²) < 4.78 is 6.48. The van der Waals surface area contributed by atoms with E-state index in [2.05, 4.69) is 36.8 Å². The van der Waals surface area contributed by atoms with Gasteiger partial charge < -0.3 is 15.4 Å². The van der Waals surface area contributed by atoms with Crippen molar-refractivity contribution in [1.29, 1.82) is 0 Å². The summed E-state index contributed by atoms with van der Waals surface area (Å²) in [4.78, 5) is 24.2. The van der Waals surface area contributed by atoms with Gasteiger partial charge in [0.1, 0.15) is 11.4 Å². The Balaban J connectivity index is 1.51. The van der Waals surface area contributed by atoms with E-state index in [4.69, 9.17) is 4.74 Å². The standard InChI is InChI=1S/C19H15BrN4O3/c1-10-18(25)22-15-8-13(6-7-17(15)27-10)21-19(26)16-9-14(23-24-16)11-2-4-12(20)5-3-11/h2-10H,1H3,(H,21,26)(H,22,25)(H,23,24). The van der Waals surface area contributed by atoms with Crippen LogP contribution in [0.4, 0.5) is 11.4 Å². The molecule has 2 amide bonds. The van der Waals surface area contributed by atoms with E-state index in [1.165, 1.54) is 0 Å². The average molecular weight is 427 g/mol. The minimum atomic E-state index is -0.542. The number of carbonyl (C=O) groups is 2. The van der Waals surface area contributed by atoms with Crippen LogP contribution in [0.3, 0.4) is 0 Å². The third-order valence-electron chi connectivity index (χ3n) is 4.13. The second-order valence-electron chi connectivity index (χ2n) is 6.09. The highest BCUT2D eigenvalue weighted by atomic mass is 79.9. The highest BCUT2D eigenvalue weighted by Crippen LogP contribution is 2.32. The van der Waals surface area contributed by atoms with Gasteiger partial charge in [-0.25, -0.2) is 0 Å². The first kappa shape index (κ1) is 17.3. The number of anilines is 2. The summed E-state index contributed by atoms with van der Waals surface area (Å²) in [5.74, 6) is 0.0140. The molecule has 0 saturated heterocycles. The molecule has 3 N–H and O–H groups in total. The Morgan fingerprint density at radius 2 is 1.96 bits per heavy atom. The van der Waals surface area contributed by atoms with Gasteiger partial charge in [-0.1, -0.05) is 28.1 Å². The number of benzene rings is 2. The van der Waals surface area contributed by atoms with Crippen molar-refractivity contribution in [3.63, 3.8) is 0 Å².